The van der Waals surface area contributed by atoms with Crippen molar-refractivity contribution in [2.24, 2.45) is 0 Å². The summed E-state index contributed by atoms with van der Waals surface area (Å²) >= 11 is 1.59. The van der Waals surface area contributed by atoms with Crippen LogP contribution in [0, 0.1) is 0 Å². The number of nitrogens with zero attached hydrogens (tertiary/aromatic N) is 2. The molecular weight excluding hydrogens is 250 g/mol. The third-order valence-corrected chi connectivity index (χ3v) is 3.32. The SMILES string of the molecule is COCCNc1ncc(-c2ccc(OC)nc2)s1. The molecule has 0 aromatic carbocycles. The van der Waals surface area contributed by atoms with Crippen molar-refractivity contribution in [1.82, 2.24) is 9.97 Å². The highest BCUT2D eigenvalue weighted by molar-refractivity contribution is 7.18. The van der Waals surface area contributed by atoms with Gasteiger partial charge in [0.2, 0.25) is 5.88 Å². The minimum atomic E-state index is 0.613. The average Bonchev–Trinajstić information content (AvgIpc) is 2.88. The molecule has 0 saturated carbocycles. The molecule has 96 valence electrons. The molecule has 0 aliphatic carbocycles. The number of thiazole rings is 1. The fourth-order valence-electron chi connectivity index (χ4n) is 1.40. The second-order valence-electron chi connectivity index (χ2n) is 3.54. The van der Waals surface area contributed by atoms with Crippen molar-refractivity contribution in [2.45, 2.75) is 0 Å². The van der Waals surface area contributed by atoms with Crippen molar-refractivity contribution in [2.75, 3.05) is 32.7 Å². The van der Waals surface area contributed by atoms with E-state index in [1.54, 1.807) is 31.8 Å². The van der Waals surface area contributed by atoms with Crippen LogP contribution in [0.1, 0.15) is 0 Å². The molecule has 0 atom stereocenters. The van der Waals surface area contributed by atoms with Crippen LogP contribution in [0.3, 0.4) is 0 Å². The van der Waals surface area contributed by atoms with Gasteiger partial charge in [-0.25, -0.2) is 9.97 Å². The Morgan fingerprint density at radius 1 is 1.22 bits per heavy atom. The molecule has 1 N–H and O–H groups in total. The lowest BCUT2D eigenvalue weighted by Crippen LogP contribution is -2.06. The predicted molar refractivity (Wildman–Crippen MR) is 72.3 cm³/mol. The second-order valence-corrected chi connectivity index (χ2v) is 4.57. The number of nitrogens with one attached hydrogen (secondary N) is 1. The van der Waals surface area contributed by atoms with E-state index in [-0.39, 0.29) is 0 Å². The van der Waals surface area contributed by atoms with E-state index in [9.17, 15) is 0 Å². The van der Waals surface area contributed by atoms with Gasteiger partial charge in [0, 0.05) is 37.7 Å². The summed E-state index contributed by atoms with van der Waals surface area (Å²) in [7, 11) is 3.28. The zero-order valence-corrected chi connectivity index (χ0v) is 11.2. The van der Waals surface area contributed by atoms with Crippen LogP contribution in [0.4, 0.5) is 5.13 Å². The number of rotatable bonds is 6. The Hall–Kier alpha value is -1.66. The molecule has 0 aliphatic rings. The van der Waals surface area contributed by atoms with Crippen molar-refractivity contribution < 1.29 is 9.47 Å². The van der Waals surface area contributed by atoms with Gasteiger partial charge in [-0.2, -0.15) is 0 Å². The molecule has 0 saturated heterocycles. The van der Waals surface area contributed by atoms with Gasteiger partial charge in [0.15, 0.2) is 5.13 Å². The van der Waals surface area contributed by atoms with Crippen LogP contribution in [0.2, 0.25) is 0 Å². The molecule has 0 amide bonds. The Bertz CT molecular complexity index is 484. The van der Waals surface area contributed by atoms with Crippen LogP contribution >= 0.6 is 11.3 Å². The Morgan fingerprint density at radius 3 is 2.78 bits per heavy atom. The first-order valence-corrected chi connectivity index (χ1v) is 6.34. The monoisotopic (exact) mass is 265 g/mol. The van der Waals surface area contributed by atoms with Crippen LogP contribution in [0.5, 0.6) is 5.88 Å². The molecule has 0 aliphatic heterocycles. The Labute approximate surface area is 110 Å². The van der Waals surface area contributed by atoms with Gasteiger partial charge >= 0.3 is 0 Å². The van der Waals surface area contributed by atoms with Crippen LogP contribution in [0.15, 0.2) is 24.5 Å². The number of hydrogen-bond acceptors (Lipinski definition) is 6. The zero-order chi connectivity index (χ0) is 12.8. The van der Waals surface area contributed by atoms with E-state index in [2.05, 4.69) is 15.3 Å². The zero-order valence-electron chi connectivity index (χ0n) is 10.3. The van der Waals surface area contributed by atoms with Crippen LogP contribution in [0.25, 0.3) is 10.4 Å². The smallest absolute Gasteiger partial charge is 0.212 e. The summed E-state index contributed by atoms with van der Waals surface area (Å²) in [4.78, 5) is 9.55. The van der Waals surface area contributed by atoms with Crippen molar-refractivity contribution >= 4 is 16.5 Å². The summed E-state index contributed by atoms with van der Waals surface area (Å²) in [6, 6.07) is 3.81. The van der Waals surface area contributed by atoms with E-state index in [1.165, 1.54) is 0 Å². The summed E-state index contributed by atoms with van der Waals surface area (Å²) < 4.78 is 10.00. The first-order valence-electron chi connectivity index (χ1n) is 5.52. The first kappa shape index (κ1) is 12.8. The summed E-state index contributed by atoms with van der Waals surface area (Å²) in [5, 5.41) is 4.08. The summed E-state index contributed by atoms with van der Waals surface area (Å²) in [5.74, 6) is 0.613. The maximum Gasteiger partial charge on any atom is 0.212 e. The largest absolute Gasteiger partial charge is 0.481 e. The molecular formula is C12H15N3O2S. The molecule has 2 aromatic rings. The van der Waals surface area contributed by atoms with E-state index < -0.39 is 0 Å². The predicted octanol–water partition coefficient (Wildman–Crippen LogP) is 2.27. The quantitative estimate of drug-likeness (QED) is 0.812. The van der Waals surface area contributed by atoms with E-state index >= 15 is 0 Å². The van der Waals surface area contributed by atoms with Gasteiger partial charge < -0.3 is 14.8 Å². The standard InChI is InChI=1S/C12H15N3O2S/c1-16-6-5-13-12-15-8-10(18-12)9-3-4-11(17-2)14-7-9/h3-4,7-8H,5-6H2,1-2H3,(H,13,15). The summed E-state index contributed by atoms with van der Waals surface area (Å²) in [6.45, 7) is 1.42. The topological polar surface area (TPSA) is 56.3 Å². The van der Waals surface area contributed by atoms with Crippen LogP contribution < -0.4 is 10.1 Å². The summed E-state index contributed by atoms with van der Waals surface area (Å²) in [5.41, 5.74) is 1.04. The number of aromatic nitrogens is 2. The van der Waals surface area contributed by atoms with Crippen molar-refractivity contribution in [1.29, 1.82) is 0 Å². The van der Waals surface area contributed by atoms with Gasteiger partial charge in [-0.05, 0) is 6.07 Å². The molecule has 18 heavy (non-hydrogen) atoms. The fourth-order valence-corrected chi connectivity index (χ4v) is 2.23. The van der Waals surface area contributed by atoms with Crippen molar-refractivity contribution in [3.05, 3.63) is 24.5 Å². The van der Waals surface area contributed by atoms with Gasteiger partial charge in [-0.1, -0.05) is 11.3 Å². The van der Waals surface area contributed by atoms with E-state index in [0.29, 0.717) is 12.5 Å². The lowest BCUT2D eigenvalue weighted by Gasteiger charge is -2.00. The van der Waals surface area contributed by atoms with Gasteiger partial charge in [-0.3, -0.25) is 0 Å². The van der Waals surface area contributed by atoms with Gasteiger partial charge in [0.25, 0.3) is 0 Å². The minimum Gasteiger partial charge on any atom is -0.481 e. The Morgan fingerprint density at radius 2 is 2.11 bits per heavy atom. The van der Waals surface area contributed by atoms with E-state index in [0.717, 1.165) is 22.1 Å². The third-order valence-electron chi connectivity index (χ3n) is 2.32. The number of hydrogen-bond donors (Lipinski definition) is 1. The highest BCUT2D eigenvalue weighted by Gasteiger charge is 2.04. The molecule has 0 bridgehead atoms. The highest BCUT2D eigenvalue weighted by atomic mass is 32.1. The minimum absolute atomic E-state index is 0.613. The Balaban J connectivity index is 2.04. The molecule has 5 nitrogen and oxygen atoms in total. The van der Waals surface area contributed by atoms with E-state index in [4.69, 9.17) is 9.47 Å². The lowest BCUT2D eigenvalue weighted by atomic mass is 10.2. The maximum absolute atomic E-state index is 5.03. The number of methoxy groups -OCH3 is 2. The number of anilines is 1. The molecule has 2 heterocycles. The molecule has 0 spiro atoms. The number of pyridine rings is 1. The maximum atomic E-state index is 5.03. The summed E-state index contributed by atoms with van der Waals surface area (Å²) in [6.07, 6.45) is 3.62. The Kier molecular flexibility index (Phi) is 4.49. The molecule has 0 unspecified atom stereocenters. The molecule has 0 fully saturated rings. The normalized spacial score (nSPS) is 10.3. The van der Waals surface area contributed by atoms with Crippen LogP contribution in [-0.2, 0) is 4.74 Å². The van der Waals surface area contributed by atoms with Gasteiger partial charge in [0.1, 0.15) is 0 Å². The van der Waals surface area contributed by atoms with Crippen molar-refractivity contribution in [3.8, 4) is 16.3 Å². The van der Waals surface area contributed by atoms with Gasteiger partial charge in [-0.15, -0.1) is 0 Å². The molecule has 6 heteroatoms. The molecule has 0 radical (unpaired) electrons. The van der Waals surface area contributed by atoms with E-state index in [1.807, 2.05) is 18.3 Å². The highest BCUT2D eigenvalue weighted by Crippen LogP contribution is 2.28. The molecule has 2 rings (SSSR count). The lowest BCUT2D eigenvalue weighted by molar-refractivity contribution is 0.211. The third kappa shape index (κ3) is 3.18. The second kappa shape index (κ2) is 6.32. The van der Waals surface area contributed by atoms with Crippen molar-refractivity contribution in [3.63, 3.8) is 0 Å². The van der Waals surface area contributed by atoms with Gasteiger partial charge in [0.05, 0.1) is 18.6 Å². The molecule has 2 aromatic heterocycles. The fraction of sp³-hybridized carbons (Fsp3) is 0.333. The number of ether oxygens (including phenoxy) is 2. The van der Waals surface area contributed by atoms with Crippen LogP contribution in [-0.4, -0.2) is 37.3 Å². The average molecular weight is 265 g/mol. The first-order chi connectivity index (χ1) is 8.83.